The Morgan fingerprint density at radius 3 is 2.46 bits per heavy atom. The lowest BCUT2D eigenvalue weighted by molar-refractivity contribution is -0.136. The van der Waals surface area contributed by atoms with Crippen molar-refractivity contribution in [2.75, 3.05) is 11.9 Å². The van der Waals surface area contributed by atoms with Gasteiger partial charge in [-0.25, -0.2) is 13.6 Å². The fraction of sp³-hybridized carbons (Fsp3) is 0.111. The van der Waals surface area contributed by atoms with Gasteiger partial charge in [0.25, 0.3) is 5.91 Å². The van der Waals surface area contributed by atoms with Gasteiger partial charge in [-0.3, -0.25) is 4.79 Å². The highest BCUT2D eigenvalue weighted by molar-refractivity contribution is 5.92. The van der Waals surface area contributed by atoms with E-state index in [9.17, 15) is 31.5 Å². The maximum absolute atomic E-state index is 13.1. The molecule has 0 aliphatic rings. The summed E-state index contributed by atoms with van der Waals surface area (Å²) in [5.74, 6) is -2.99. The molecule has 1 heterocycles. The number of alkyl halides is 3. The molecule has 0 atom stereocenters. The van der Waals surface area contributed by atoms with Gasteiger partial charge in [0.05, 0.1) is 5.56 Å². The molecule has 0 spiro atoms. The third kappa shape index (κ3) is 4.27. The van der Waals surface area contributed by atoms with Gasteiger partial charge in [-0.1, -0.05) is 0 Å². The van der Waals surface area contributed by atoms with Crippen LogP contribution in [-0.4, -0.2) is 12.5 Å². The van der Waals surface area contributed by atoms with Crippen molar-refractivity contribution in [1.82, 2.24) is 0 Å². The zero-order chi connectivity index (χ0) is 20.5. The lowest BCUT2D eigenvalue weighted by atomic mass is 10.1. The van der Waals surface area contributed by atoms with Gasteiger partial charge in [0.15, 0.2) is 18.2 Å². The van der Waals surface area contributed by atoms with E-state index < -0.39 is 41.5 Å². The van der Waals surface area contributed by atoms with E-state index in [1.807, 2.05) is 0 Å². The van der Waals surface area contributed by atoms with E-state index in [1.165, 1.54) is 6.07 Å². The van der Waals surface area contributed by atoms with Crippen molar-refractivity contribution < 1.29 is 35.9 Å². The van der Waals surface area contributed by atoms with Crippen LogP contribution in [0.2, 0.25) is 0 Å². The Balaban J connectivity index is 1.75. The van der Waals surface area contributed by atoms with Crippen molar-refractivity contribution in [3.8, 4) is 5.75 Å². The molecule has 28 heavy (non-hydrogen) atoms. The van der Waals surface area contributed by atoms with E-state index >= 15 is 0 Å². The molecule has 3 rings (SSSR count). The van der Waals surface area contributed by atoms with Crippen LogP contribution in [0.15, 0.2) is 51.7 Å². The van der Waals surface area contributed by atoms with Gasteiger partial charge in [-0.15, -0.1) is 0 Å². The number of fused-ring (bicyclic) bond motifs is 1. The van der Waals surface area contributed by atoms with Crippen LogP contribution in [0.5, 0.6) is 5.75 Å². The fourth-order valence-electron chi connectivity index (χ4n) is 2.39. The number of rotatable bonds is 4. The van der Waals surface area contributed by atoms with Crippen molar-refractivity contribution in [1.29, 1.82) is 0 Å². The third-order valence-electron chi connectivity index (χ3n) is 3.59. The fourth-order valence-corrected chi connectivity index (χ4v) is 2.39. The standard InChI is InChI=1S/C18H10F5NO4/c19-13-4-1-9(5-14(13)20)24-16(25)8-27-10-2-3-11-12(18(21,22)23)7-17(26)28-15(11)6-10/h1-7H,8H2,(H,24,25). The Morgan fingerprint density at radius 2 is 1.79 bits per heavy atom. The zero-order valence-corrected chi connectivity index (χ0v) is 13.8. The van der Waals surface area contributed by atoms with Crippen molar-refractivity contribution in [2.24, 2.45) is 0 Å². The van der Waals surface area contributed by atoms with Gasteiger partial charge in [-0.05, 0) is 24.3 Å². The number of nitrogens with one attached hydrogen (secondary N) is 1. The number of benzene rings is 2. The zero-order valence-electron chi connectivity index (χ0n) is 13.8. The average molecular weight is 399 g/mol. The second kappa shape index (κ2) is 7.29. The number of carbonyl (C=O) groups is 1. The Kier molecular flexibility index (Phi) is 5.04. The maximum atomic E-state index is 13.1. The highest BCUT2D eigenvalue weighted by atomic mass is 19.4. The van der Waals surface area contributed by atoms with Crippen molar-refractivity contribution in [3.63, 3.8) is 0 Å². The molecule has 2 aromatic carbocycles. The van der Waals surface area contributed by atoms with Crippen LogP contribution in [0.4, 0.5) is 27.6 Å². The summed E-state index contributed by atoms with van der Waals surface area (Å²) in [5, 5.41) is 1.92. The molecular weight excluding hydrogens is 389 g/mol. The number of carbonyl (C=O) groups excluding carboxylic acids is 1. The Hall–Kier alpha value is -3.43. The van der Waals surface area contributed by atoms with Crippen LogP contribution >= 0.6 is 0 Å². The minimum Gasteiger partial charge on any atom is -0.484 e. The lowest BCUT2D eigenvalue weighted by Gasteiger charge is -2.11. The highest BCUT2D eigenvalue weighted by Gasteiger charge is 2.33. The molecule has 1 N–H and O–H groups in total. The second-order valence-corrected chi connectivity index (χ2v) is 5.60. The Bertz CT molecular complexity index is 1110. The summed E-state index contributed by atoms with van der Waals surface area (Å²) in [5.41, 5.74) is -2.71. The van der Waals surface area contributed by atoms with E-state index in [0.29, 0.717) is 6.07 Å². The number of hydrogen-bond acceptors (Lipinski definition) is 4. The first kappa shape index (κ1) is 19.3. The largest absolute Gasteiger partial charge is 0.484 e. The monoisotopic (exact) mass is 399 g/mol. The van der Waals surface area contributed by atoms with E-state index in [1.54, 1.807) is 0 Å². The summed E-state index contributed by atoms with van der Waals surface area (Å²) in [7, 11) is 0. The van der Waals surface area contributed by atoms with Gasteiger partial charge in [0, 0.05) is 29.3 Å². The van der Waals surface area contributed by atoms with E-state index in [0.717, 1.165) is 30.3 Å². The quantitative estimate of drug-likeness (QED) is 0.530. The van der Waals surface area contributed by atoms with Gasteiger partial charge in [0.1, 0.15) is 11.3 Å². The highest BCUT2D eigenvalue weighted by Crippen LogP contribution is 2.34. The van der Waals surface area contributed by atoms with Crippen LogP contribution in [0, 0.1) is 11.6 Å². The number of halogens is 5. The first-order chi connectivity index (χ1) is 13.1. The lowest BCUT2D eigenvalue weighted by Crippen LogP contribution is -2.20. The Morgan fingerprint density at radius 1 is 1.04 bits per heavy atom. The summed E-state index contributed by atoms with van der Waals surface area (Å²) in [4.78, 5) is 23.2. The van der Waals surface area contributed by atoms with Gasteiger partial charge in [-0.2, -0.15) is 13.2 Å². The normalized spacial score (nSPS) is 11.5. The third-order valence-corrected chi connectivity index (χ3v) is 3.59. The molecule has 5 nitrogen and oxygen atoms in total. The SMILES string of the molecule is O=C(COc1ccc2c(C(F)(F)F)cc(=O)oc2c1)Nc1ccc(F)c(F)c1. The molecule has 0 unspecified atom stereocenters. The van der Waals surface area contributed by atoms with Crippen LogP contribution in [0.1, 0.15) is 5.56 Å². The molecule has 3 aromatic rings. The maximum Gasteiger partial charge on any atom is 0.417 e. The Labute approximate surface area is 153 Å². The minimum absolute atomic E-state index is 0.00757. The molecule has 0 aliphatic carbocycles. The van der Waals surface area contributed by atoms with E-state index in [2.05, 4.69) is 5.32 Å². The second-order valence-electron chi connectivity index (χ2n) is 5.60. The summed E-state index contributed by atoms with van der Waals surface area (Å²) >= 11 is 0. The van der Waals surface area contributed by atoms with Crippen LogP contribution < -0.4 is 15.7 Å². The van der Waals surface area contributed by atoms with Crippen LogP contribution in [0.3, 0.4) is 0 Å². The van der Waals surface area contributed by atoms with Crippen molar-refractivity contribution in [3.05, 3.63) is 70.1 Å². The van der Waals surface area contributed by atoms with Crippen molar-refractivity contribution >= 4 is 22.6 Å². The van der Waals surface area contributed by atoms with Crippen LogP contribution in [0.25, 0.3) is 11.0 Å². The molecule has 0 fully saturated rings. The average Bonchev–Trinajstić information content (AvgIpc) is 2.61. The van der Waals surface area contributed by atoms with E-state index in [-0.39, 0.29) is 22.4 Å². The molecule has 1 amide bonds. The molecule has 0 saturated carbocycles. The molecule has 0 saturated heterocycles. The molecule has 1 aromatic heterocycles. The molecule has 10 heteroatoms. The molecule has 0 aliphatic heterocycles. The summed E-state index contributed by atoms with van der Waals surface area (Å²) < 4.78 is 74.8. The molecule has 146 valence electrons. The smallest absolute Gasteiger partial charge is 0.417 e. The van der Waals surface area contributed by atoms with Gasteiger partial charge in [0.2, 0.25) is 0 Å². The van der Waals surface area contributed by atoms with Crippen molar-refractivity contribution in [2.45, 2.75) is 6.18 Å². The number of hydrogen-bond donors (Lipinski definition) is 1. The first-order valence-electron chi connectivity index (χ1n) is 7.66. The summed E-state index contributed by atoms with van der Waals surface area (Å²) in [6.07, 6.45) is -4.75. The predicted molar refractivity (Wildman–Crippen MR) is 88.0 cm³/mol. The number of amides is 1. The molecular formula is C18H10F5NO4. The predicted octanol–water partition coefficient (Wildman–Crippen LogP) is 4.11. The number of ether oxygens (including phenoxy) is 1. The minimum atomic E-state index is -4.75. The van der Waals surface area contributed by atoms with Gasteiger partial charge < -0.3 is 14.5 Å². The van der Waals surface area contributed by atoms with Crippen LogP contribution in [-0.2, 0) is 11.0 Å². The number of anilines is 1. The molecule has 0 radical (unpaired) electrons. The van der Waals surface area contributed by atoms with Gasteiger partial charge >= 0.3 is 11.8 Å². The summed E-state index contributed by atoms with van der Waals surface area (Å²) in [6, 6.07) is 6.34. The topological polar surface area (TPSA) is 68.5 Å². The summed E-state index contributed by atoms with van der Waals surface area (Å²) in [6.45, 7) is -0.576. The first-order valence-corrected chi connectivity index (χ1v) is 7.66. The van der Waals surface area contributed by atoms with E-state index in [4.69, 9.17) is 9.15 Å². The molecule has 0 bridgehead atoms.